The van der Waals surface area contributed by atoms with Crippen LogP contribution in [0.4, 0.5) is 5.13 Å². The van der Waals surface area contributed by atoms with E-state index in [4.69, 9.17) is 0 Å². The first kappa shape index (κ1) is 12.2. The summed E-state index contributed by atoms with van der Waals surface area (Å²) in [6, 6.07) is 0.625. The fourth-order valence-corrected chi connectivity index (χ4v) is 4.03. The molecule has 0 aliphatic heterocycles. The average molecular weight is 256 g/mol. The Labute approximate surface area is 106 Å². The van der Waals surface area contributed by atoms with Gasteiger partial charge >= 0.3 is 0 Å². The summed E-state index contributed by atoms with van der Waals surface area (Å²) < 4.78 is 0. The van der Waals surface area contributed by atoms with Crippen LogP contribution in [0.15, 0.2) is 5.38 Å². The molecule has 1 aliphatic rings. The fourth-order valence-electron chi connectivity index (χ4n) is 2.24. The van der Waals surface area contributed by atoms with Gasteiger partial charge < -0.3 is 5.32 Å². The Morgan fingerprint density at radius 3 is 3.00 bits per heavy atom. The first-order valence-electron chi connectivity index (χ1n) is 6.07. The normalized spacial score (nSPS) is 25.6. The van der Waals surface area contributed by atoms with Crippen LogP contribution in [0.3, 0.4) is 0 Å². The molecule has 0 aromatic carbocycles. The standard InChI is InChI=1S/C12H20N2S2/c1-3-9-8-16-12(13-9)14-10-6-4-5-7-11(10)15-2/h8,10-11H,3-7H2,1-2H3,(H,13,14). The number of hydrogen-bond acceptors (Lipinski definition) is 4. The van der Waals surface area contributed by atoms with Crippen LogP contribution in [0.25, 0.3) is 0 Å². The van der Waals surface area contributed by atoms with Gasteiger partial charge in [0.25, 0.3) is 0 Å². The third-order valence-corrected chi connectivity index (χ3v) is 5.22. The van der Waals surface area contributed by atoms with E-state index in [9.17, 15) is 0 Å². The quantitative estimate of drug-likeness (QED) is 0.887. The number of anilines is 1. The number of aromatic nitrogens is 1. The van der Waals surface area contributed by atoms with Crippen LogP contribution in [0.5, 0.6) is 0 Å². The van der Waals surface area contributed by atoms with Crippen molar-refractivity contribution in [2.75, 3.05) is 11.6 Å². The fraction of sp³-hybridized carbons (Fsp3) is 0.750. The van der Waals surface area contributed by atoms with E-state index in [-0.39, 0.29) is 0 Å². The van der Waals surface area contributed by atoms with E-state index in [0.717, 1.165) is 16.8 Å². The molecule has 4 heteroatoms. The van der Waals surface area contributed by atoms with E-state index < -0.39 is 0 Å². The lowest BCUT2D eigenvalue weighted by molar-refractivity contribution is 0.475. The van der Waals surface area contributed by atoms with Crippen molar-refractivity contribution in [3.63, 3.8) is 0 Å². The van der Waals surface area contributed by atoms with Gasteiger partial charge in [-0.1, -0.05) is 19.8 Å². The lowest BCUT2D eigenvalue weighted by atomic mass is 9.95. The lowest BCUT2D eigenvalue weighted by Crippen LogP contribution is -2.34. The molecule has 0 saturated heterocycles. The molecule has 0 amide bonds. The molecule has 0 bridgehead atoms. The van der Waals surface area contributed by atoms with Gasteiger partial charge in [0.15, 0.2) is 5.13 Å². The number of thiazole rings is 1. The molecule has 2 unspecified atom stereocenters. The van der Waals surface area contributed by atoms with Crippen molar-refractivity contribution in [1.82, 2.24) is 4.98 Å². The van der Waals surface area contributed by atoms with Gasteiger partial charge in [0.1, 0.15) is 0 Å². The zero-order chi connectivity index (χ0) is 11.4. The van der Waals surface area contributed by atoms with Crippen molar-refractivity contribution in [3.05, 3.63) is 11.1 Å². The maximum atomic E-state index is 4.59. The minimum absolute atomic E-state index is 0.625. The highest BCUT2D eigenvalue weighted by molar-refractivity contribution is 7.99. The second-order valence-corrected chi connectivity index (χ2v) is 6.24. The van der Waals surface area contributed by atoms with Gasteiger partial charge in [-0.3, -0.25) is 0 Å². The maximum Gasteiger partial charge on any atom is 0.183 e. The molecule has 1 N–H and O–H groups in total. The molecule has 1 fully saturated rings. The summed E-state index contributed by atoms with van der Waals surface area (Å²) in [6.07, 6.45) is 8.67. The Bertz CT molecular complexity index is 325. The highest BCUT2D eigenvalue weighted by atomic mass is 32.2. The van der Waals surface area contributed by atoms with Crippen LogP contribution < -0.4 is 5.32 Å². The molecular formula is C12H20N2S2. The lowest BCUT2D eigenvalue weighted by Gasteiger charge is -2.30. The molecular weight excluding hydrogens is 236 g/mol. The predicted molar refractivity (Wildman–Crippen MR) is 74.7 cm³/mol. The van der Waals surface area contributed by atoms with Crippen molar-refractivity contribution >= 4 is 28.2 Å². The number of hydrogen-bond donors (Lipinski definition) is 1. The van der Waals surface area contributed by atoms with Crippen molar-refractivity contribution in [1.29, 1.82) is 0 Å². The molecule has 1 saturated carbocycles. The topological polar surface area (TPSA) is 24.9 Å². The van der Waals surface area contributed by atoms with E-state index in [1.54, 1.807) is 11.3 Å². The van der Waals surface area contributed by atoms with Crippen molar-refractivity contribution in [3.8, 4) is 0 Å². The van der Waals surface area contributed by atoms with Crippen molar-refractivity contribution in [2.24, 2.45) is 0 Å². The van der Waals surface area contributed by atoms with Crippen LogP contribution in [0.1, 0.15) is 38.3 Å². The number of aryl methyl sites for hydroxylation is 1. The first-order chi connectivity index (χ1) is 7.83. The first-order valence-corrected chi connectivity index (χ1v) is 8.24. The molecule has 1 heterocycles. The van der Waals surface area contributed by atoms with Gasteiger partial charge in [-0.15, -0.1) is 11.3 Å². The Balaban J connectivity index is 1.96. The van der Waals surface area contributed by atoms with E-state index in [2.05, 4.69) is 28.9 Å². The second kappa shape index (κ2) is 5.92. The molecule has 2 rings (SSSR count). The Morgan fingerprint density at radius 2 is 2.31 bits per heavy atom. The third kappa shape index (κ3) is 2.92. The molecule has 16 heavy (non-hydrogen) atoms. The van der Waals surface area contributed by atoms with E-state index >= 15 is 0 Å². The Morgan fingerprint density at radius 1 is 1.50 bits per heavy atom. The summed E-state index contributed by atoms with van der Waals surface area (Å²) in [6.45, 7) is 2.16. The van der Waals surface area contributed by atoms with Crippen LogP contribution in [-0.4, -0.2) is 22.5 Å². The molecule has 1 aromatic rings. The minimum Gasteiger partial charge on any atom is -0.358 e. The van der Waals surface area contributed by atoms with Gasteiger partial charge in [-0.25, -0.2) is 4.98 Å². The number of nitrogens with zero attached hydrogens (tertiary/aromatic N) is 1. The SMILES string of the molecule is CCc1csc(NC2CCCCC2SC)n1. The highest BCUT2D eigenvalue weighted by Crippen LogP contribution is 2.30. The minimum atomic E-state index is 0.625. The van der Waals surface area contributed by atoms with Gasteiger partial charge in [0, 0.05) is 16.7 Å². The summed E-state index contributed by atoms with van der Waals surface area (Å²) in [5.41, 5.74) is 1.21. The molecule has 90 valence electrons. The Hall–Kier alpha value is -0.220. The zero-order valence-corrected chi connectivity index (χ0v) is 11.7. The van der Waals surface area contributed by atoms with Crippen molar-refractivity contribution < 1.29 is 0 Å². The van der Waals surface area contributed by atoms with E-state index in [0.29, 0.717) is 6.04 Å². The monoisotopic (exact) mass is 256 g/mol. The highest BCUT2D eigenvalue weighted by Gasteiger charge is 2.24. The van der Waals surface area contributed by atoms with Gasteiger partial charge in [0.05, 0.1) is 5.69 Å². The second-order valence-electron chi connectivity index (χ2n) is 4.31. The third-order valence-electron chi connectivity index (χ3n) is 3.23. The number of thioether (sulfide) groups is 1. The summed E-state index contributed by atoms with van der Waals surface area (Å²) in [5, 5.41) is 7.67. The summed E-state index contributed by atoms with van der Waals surface area (Å²) in [7, 11) is 0. The molecule has 2 atom stereocenters. The van der Waals surface area contributed by atoms with Crippen LogP contribution in [0.2, 0.25) is 0 Å². The summed E-state index contributed by atoms with van der Waals surface area (Å²) >= 11 is 3.75. The predicted octanol–water partition coefficient (Wildman–Crippen LogP) is 3.79. The van der Waals surface area contributed by atoms with Gasteiger partial charge in [0.2, 0.25) is 0 Å². The van der Waals surface area contributed by atoms with E-state index in [1.165, 1.54) is 31.4 Å². The van der Waals surface area contributed by atoms with E-state index in [1.807, 2.05) is 11.8 Å². The smallest absolute Gasteiger partial charge is 0.183 e. The van der Waals surface area contributed by atoms with Crippen LogP contribution >= 0.6 is 23.1 Å². The molecule has 0 radical (unpaired) electrons. The Kier molecular flexibility index (Phi) is 4.53. The molecule has 1 aromatic heterocycles. The summed E-state index contributed by atoms with van der Waals surface area (Å²) in [4.78, 5) is 4.59. The van der Waals surface area contributed by atoms with Gasteiger partial charge in [-0.05, 0) is 25.5 Å². The zero-order valence-electron chi connectivity index (χ0n) is 10.0. The number of rotatable bonds is 4. The van der Waals surface area contributed by atoms with Crippen LogP contribution in [-0.2, 0) is 6.42 Å². The molecule has 1 aliphatic carbocycles. The largest absolute Gasteiger partial charge is 0.358 e. The van der Waals surface area contributed by atoms with Crippen molar-refractivity contribution in [2.45, 2.75) is 50.3 Å². The van der Waals surface area contributed by atoms with Crippen LogP contribution in [0, 0.1) is 0 Å². The average Bonchev–Trinajstić information content (AvgIpc) is 2.77. The summed E-state index contributed by atoms with van der Waals surface area (Å²) in [5.74, 6) is 0. The molecule has 2 nitrogen and oxygen atoms in total. The maximum absolute atomic E-state index is 4.59. The van der Waals surface area contributed by atoms with Gasteiger partial charge in [-0.2, -0.15) is 11.8 Å². The molecule has 0 spiro atoms. The number of nitrogens with one attached hydrogen (secondary N) is 1.